The minimum Gasteiger partial charge on any atom is -0.490 e. The highest BCUT2D eigenvalue weighted by Crippen LogP contribution is 2.26. The van der Waals surface area contributed by atoms with Gasteiger partial charge in [0, 0.05) is 13.1 Å². The van der Waals surface area contributed by atoms with E-state index in [1.807, 2.05) is 49.4 Å². The topological polar surface area (TPSA) is 65.1 Å². The van der Waals surface area contributed by atoms with Crippen molar-refractivity contribution in [2.24, 2.45) is 0 Å². The van der Waals surface area contributed by atoms with Crippen LogP contribution < -0.4 is 9.47 Å². The maximum Gasteiger partial charge on any atom is 0.307 e. The molecule has 0 fully saturated rings. The molecule has 0 aromatic heterocycles. The SMILES string of the molecule is CCOc1ccccc1OCC(=O)N(CCC(=O)OC)Cc1ccccc1. The molecule has 6 nitrogen and oxygen atoms in total. The Morgan fingerprint density at radius 1 is 0.926 bits per heavy atom. The summed E-state index contributed by atoms with van der Waals surface area (Å²) in [4.78, 5) is 25.8. The van der Waals surface area contributed by atoms with E-state index in [2.05, 4.69) is 4.74 Å². The van der Waals surface area contributed by atoms with Gasteiger partial charge in [0.15, 0.2) is 18.1 Å². The monoisotopic (exact) mass is 371 g/mol. The molecule has 6 heteroatoms. The fourth-order valence-corrected chi connectivity index (χ4v) is 2.50. The number of benzene rings is 2. The van der Waals surface area contributed by atoms with Gasteiger partial charge in [0.1, 0.15) is 0 Å². The molecule has 0 bridgehead atoms. The highest BCUT2D eigenvalue weighted by atomic mass is 16.5. The van der Waals surface area contributed by atoms with Crippen molar-refractivity contribution in [2.75, 3.05) is 26.9 Å². The van der Waals surface area contributed by atoms with Gasteiger partial charge in [0.25, 0.3) is 5.91 Å². The van der Waals surface area contributed by atoms with Crippen LogP contribution in [0.3, 0.4) is 0 Å². The van der Waals surface area contributed by atoms with Gasteiger partial charge in [0.2, 0.25) is 0 Å². The Kier molecular flexibility index (Phi) is 8.16. The number of hydrogen-bond acceptors (Lipinski definition) is 5. The summed E-state index contributed by atoms with van der Waals surface area (Å²) in [5, 5.41) is 0. The predicted molar refractivity (Wildman–Crippen MR) is 102 cm³/mol. The first kappa shape index (κ1) is 20.3. The Balaban J connectivity index is 2.02. The second-order valence-corrected chi connectivity index (χ2v) is 5.80. The molecule has 0 unspecified atom stereocenters. The number of nitrogens with zero attached hydrogens (tertiary/aromatic N) is 1. The van der Waals surface area contributed by atoms with E-state index >= 15 is 0 Å². The largest absolute Gasteiger partial charge is 0.490 e. The summed E-state index contributed by atoms with van der Waals surface area (Å²) in [5.74, 6) is 0.537. The summed E-state index contributed by atoms with van der Waals surface area (Å²) in [5.41, 5.74) is 0.977. The lowest BCUT2D eigenvalue weighted by molar-refractivity contribution is -0.142. The summed E-state index contributed by atoms with van der Waals surface area (Å²) in [6.07, 6.45) is 0.130. The molecule has 0 atom stereocenters. The third kappa shape index (κ3) is 6.66. The van der Waals surface area contributed by atoms with Crippen molar-refractivity contribution >= 4 is 11.9 Å². The lowest BCUT2D eigenvalue weighted by atomic mass is 10.2. The first-order chi connectivity index (χ1) is 13.1. The molecular weight excluding hydrogens is 346 g/mol. The van der Waals surface area contributed by atoms with Gasteiger partial charge in [-0.15, -0.1) is 0 Å². The number of methoxy groups -OCH3 is 1. The van der Waals surface area contributed by atoms with Crippen LogP contribution in [-0.4, -0.2) is 43.6 Å². The van der Waals surface area contributed by atoms with E-state index in [9.17, 15) is 9.59 Å². The summed E-state index contributed by atoms with van der Waals surface area (Å²) >= 11 is 0. The van der Waals surface area contributed by atoms with E-state index < -0.39 is 0 Å². The van der Waals surface area contributed by atoms with Crippen LogP contribution in [0.1, 0.15) is 18.9 Å². The lowest BCUT2D eigenvalue weighted by Gasteiger charge is -2.23. The van der Waals surface area contributed by atoms with Crippen LogP contribution in [0.15, 0.2) is 54.6 Å². The normalized spacial score (nSPS) is 10.1. The standard InChI is InChI=1S/C21H25NO5/c1-3-26-18-11-7-8-12-19(18)27-16-20(23)22(14-13-21(24)25-2)15-17-9-5-4-6-10-17/h4-12H,3,13-16H2,1-2H3. The number of para-hydroxylation sites is 2. The molecule has 0 spiro atoms. The highest BCUT2D eigenvalue weighted by Gasteiger charge is 2.17. The van der Waals surface area contributed by atoms with Crippen LogP contribution in [-0.2, 0) is 20.9 Å². The van der Waals surface area contributed by atoms with E-state index in [1.54, 1.807) is 17.0 Å². The summed E-state index contributed by atoms with van der Waals surface area (Å²) in [6, 6.07) is 16.8. The minimum atomic E-state index is -0.358. The third-order valence-corrected chi connectivity index (χ3v) is 3.88. The van der Waals surface area contributed by atoms with Gasteiger partial charge in [-0.3, -0.25) is 9.59 Å². The van der Waals surface area contributed by atoms with Gasteiger partial charge >= 0.3 is 5.97 Å². The Bertz CT molecular complexity index is 732. The third-order valence-electron chi connectivity index (χ3n) is 3.88. The van der Waals surface area contributed by atoms with Crippen molar-refractivity contribution in [1.29, 1.82) is 0 Å². The number of carbonyl (C=O) groups excluding carboxylic acids is 2. The van der Waals surface area contributed by atoms with Crippen LogP contribution in [0.4, 0.5) is 0 Å². The molecule has 0 saturated heterocycles. The Labute approximate surface area is 159 Å². The van der Waals surface area contributed by atoms with Crippen molar-refractivity contribution in [3.8, 4) is 11.5 Å². The number of ether oxygens (including phenoxy) is 3. The van der Waals surface area contributed by atoms with Crippen LogP contribution in [0, 0.1) is 0 Å². The average molecular weight is 371 g/mol. The van der Waals surface area contributed by atoms with Crippen molar-refractivity contribution in [2.45, 2.75) is 19.9 Å². The number of hydrogen-bond donors (Lipinski definition) is 0. The fourth-order valence-electron chi connectivity index (χ4n) is 2.50. The molecule has 1 amide bonds. The molecule has 27 heavy (non-hydrogen) atoms. The molecule has 0 radical (unpaired) electrons. The number of esters is 1. The highest BCUT2D eigenvalue weighted by molar-refractivity contribution is 5.78. The minimum absolute atomic E-state index is 0.130. The van der Waals surface area contributed by atoms with Crippen LogP contribution in [0.25, 0.3) is 0 Å². The van der Waals surface area contributed by atoms with Crippen molar-refractivity contribution in [3.63, 3.8) is 0 Å². The average Bonchev–Trinajstić information content (AvgIpc) is 2.71. The molecule has 144 valence electrons. The molecule has 0 N–H and O–H groups in total. The molecule has 0 aliphatic carbocycles. The van der Waals surface area contributed by atoms with Crippen LogP contribution in [0.5, 0.6) is 11.5 Å². The summed E-state index contributed by atoms with van der Waals surface area (Å²) < 4.78 is 15.9. The Morgan fingerprint density at radius 2 is 1.56 bits per heavy atom. The maximum atomic E-state index is 12.7. The van der Waals surface area contributed by atoms with E-state index in [0.29, 0.717) is 24.7 Å². The van der Waals surface area contributed by atoms with E-state index in [4.69, 9.17) is 9.47 Å². The van der Waals surface area contributed by atoms with E-state index in [0.717, 1.165) is 5.56 Å². The lowest BCUT2D eigenvalue weighted by Crippen LogP contribution is -2.36. The Morgan fingerprint density at radius 3 is 2.19 bits per heavy atom. The van der Waals surface area contributed by atoms with Gasteiger partial charge in [-0.2, -0.15) is 0 Å². The fraction of sp³-hybridized carbons (Fsp3) is 0.333. The van der Waals surface area contributed by atoms with E-state index in [-0.39, 0.29) is 31.4 Å². The van der Waals surface area contributed by atoms with Gasteiger partial charge in [-0.25, -0.2) is 0 Å². The predicted octanol–water partition coefficient (Wildman–Crippen LogP) is 3.06. The molecular formula is C21H25NO5. The molecule has 0 aliphatic rings. The first-order valence-electron chi connectivity index (χ1n) is 8.87. The second kappa shape index (κ2) is 10.9. The molecule has 2 aromatic rings. The van der Waals surface area contributed by atoms with Gasteiger partial charge < -0.3 is 19.1 Å². The zero-order valence-corrected chi connectivity index (χ0v) is 15.7. The Hall–Kier alpha value is -3.02. The second-order valence-electron chi connectivity index (χ2n) is 5.80. The first-order valence-corrected chi connectivity index (χ1v) is 8.87. The van der Waals surface area contributed by atoms with Crippen LogP contribution >= 0.6 is 0 Å². The van der Waals surface area contributed by atoms with Crippen molar-refractivity contribution in [1.82, 2.24) is 4.90 Å². The molecule has 0 heterocycles. The molecule has 2 rings (SSSR count). The number of rotatable bonds is 10. The molecule has 2 aromatic carbocycles. The van der Waals surface area contributed by atoms with Crippen molar-refractivity contribution < 1.29 is 23.8 Å². The van der Waals surface area contributed by atoms with Gasteiger partial charge in [-0.1, -0.05) is 42.5 Å². The zero-order valence-electron chi connectivity index (χ0n) is 15.7. The van der Waals surface area contributed by atoms with Crippen molar-refractivity contribution in [3.05, 3.63) is 60.2 Å². The molecule has 0 saturated carbocycles. The quantitative estimate of drug-likeness (QED) is 0.601. The smallest absolute Gasteiger partial charge is 0.307 e. The van der Waals surface area contributed by atoms with E-state index in [1.165, 1.54) is 7.11 Å². The van der Waals surface area contributed by atoms with Gasteiger partial charge in [0.05, 0.1) is 20.1 Å². The zero-order chi connectivity index (χ0) is 19.5. The summed E-state index contributed by atoms with van der Waals surface area (Å²) in [7, 11) is 1.33. The number of carbonyl (C=O) groups is 2. The summed E-state index contributed by atoms with van der Waals surface area (Å²) in [6.45, 7) is 2.91. The number of amides is 1. The van der Waals surface area contributed by atoms with Crippen LogP contribution in [0.2, 0.25) is 0 Å². The molecule has 0 aliphatic heterocycles. The van der Waals surface area contributed by atoms with Gasteiger partial charge in [-0.05, 0) is 24.6 Å². The maximum absolute atomic E-state index is 12.7.